The van der Waals surface area contributed by atoms with E-state index in [1.807, 2.05) is 0 Å². The molecule has 1 heterocycles. The van der Waals surface area contributed by atoms with E-state index >= 15 is 0 Å². The minimum Gasteiger partial charge on any atom is -0.373 e. The van der Waals surface area contributed by atoms with Crippen molar-refractivity contribution < 1.29 is 4.74 Å². The molecule has 1 saturated heterocycles. The fourth-order valence-electron chi connectivity index (χ4n) is 1.85. The Balaban J connectivity index is 2.25. The Morgan fingerprint density at radius 1 is 1.38 bits per heavy atom. The molecule has 0 aliphatic carbocycles. The van der Waals surface area contributed by atoms with Gasteiger partial charge < -0.3 is 10.5 Å². The molecular weight excluding hydrogens is 164 g/mol. The van der Waals surface area contributed by atoms with Crippen molar-refractivity contribution in [3.8, 4) is 0 Å². The van der Waals surface area contributed by atoms with Crippen LogP contribution in [0.5, 0.6) is 0 Å². The quantitative estimate of drug-likeness (QED) is 0.709. The molecule has 0 saturated carbocycles. The van der Waals surface area contributed by atoms with E-state index in [-0.39, 0.29) is 0 Å². The summed E-state index contributed by atoms with van der Waals surface area (Å²) < 4.78 is 5.65. The number of nitrogens with two attached hydrogens (primary N) is 1. The lowest BCUT2D eigenvalue weighted by molar-refractivity contribution is -0.0683. The maximum atomic E-state index is 5.72. The first-order valence-electron chi connectivity index (χ1n) is 5.21. The molecule has 1 rings (SSSR count). The van der Waals surface area contributed by atoms with Gasteiger partial charge in [-0.3, -0.25) is 4.90 Å². The predicted molar refractivity (Wildman–Crippen MR) is 54.7 cm³/mol. The van der Waals surface area contributed by atoms with Crippen molar-refractivity contribution in [2.24, 2.45) is 5.73 Å². The van der Waals surface area contributed by atoms with Crippen LogP contribution in [0, 0.1) is 0 Å². The molecule has 3 nitrogen and oxygen atoms in total. The number of morpholine rings is 1. The highest BCUT2D eigenvalue weighted by atomic mass is 16.5. The minimum absolute atomic E-state index is 0.313. The zero-order valence-electron chi connectivity index (χ0n) is 8.99. The van der Waals surface area contributed by atoms with Gasteiger partial charge in [0.15, 0.2) is 0 Å². The molecule has 1 aliphatic rings. The van der Waals surface area contributed by atoms with Crippen molar-refractivity contribution in [3.05, 3.63) is 0 Å². The number of rotatable bonds is 3. The highest BCUT2D eigenvalue weighted by Gasteiger charge is 2.21. The largest absolute Gasteiger partial charge is 0.373 e. The van der Waals surface area contributed by atoms with E-state index in [9.17, 15) is 0 Å². The fourth-order valence-corrected chi connectivity index (χ4v) is 1.85. The smallest absolute Gasteiger partial charge is 0.0678 e. The molecule has 0 aromatic rings. The van der Waals surface area contributed by atoms with E-state index in [4.69, 9.17) is 10.5 Å². The zero-order valence-corrected chi connectivity index (χ0v) is 8.99. The van der Waals surface area contributed by atoms with E-state index < -0.39 is 0 Å². The highest BCUT2D eigenvalue weighted by Crippen LogP contribution is 2.10. The predicted octanol–water partition coefficient (Wildman–Crippen LogP) is 0.833. The van der Waals surface area contributed by atoms with Crippen LogP contribution in [0.3, 0.4) is 0 Å². The molecule has 3 heteroatoms. The van der Waals surface area contributed by atoms with Crippen LogP contribution in [0.25, 0.3) is 0 Å². The van der Waals surface area contributed by atoms with Gasteiger partial charge in [-0.15, -0.1) is 0 Å². The molecule has 0 amide bonds. The van der Waals surface area contributed by atoms with Crippen molar-refractivity contribution in [1.82, 2.24) is 4.90 Å². The third-order valence-corrected chi connectivity index (χ3v) is 2.40. The average molecular weight is 186 g/mol. The highest BCUT2D eigenvalue weighted by molar-refractivity contribution is 4.73. The summed E-state index contributed by atoms with van der Waals surface area (Å²) in [7, 11) is 0. The van der Waals surface area contributed by atoms with E-state index in [1.54, 1.807) is 0 Å². The van der Waals surface area contributed by atoms with Crippen LogP contribution in [-0.4, -0.2) is 42.8 Å². The lowest BCUT2D eigenvalue weighted by Crippen LogP contribution is -2.46. The van der Waals surface area contributed by atoms with Crippen LogP contribution in [0.1, 0.15) is 27.2 Å². The molecular formula is C10H22N2O. The third-order valence-electron chi connectivity index (χ3n) is 2.40. The second kappa shape index (κ2) is 4.94. The minimum atomic E-state index is 0.313. The standard InChI is InChI=1S/C10H22N2O/c1-8(11)4-5-12-6-9(2)13-10(3)7-12/h8-10H,4-7,11H2,1-3H3/t8-,9-,10-/m0/s1. The van der Waals surface area contributed by atoms with Gasteiger partial charge in [-0.1, -0.05) is 0 Å². The maximum Gasteiger partial charge on any atom is 0.0678 e. The van der Waals surface area contributed by atoms with Crippen molar-refractivity contribution in [2.45, 2.75) is 45.4 Å². The van der Waals surface area contributed by atoms with E-state index in [0.717, 1.165) is 26.1 Å². The van der Waals surface area contributed by atoms with Gasteiger partial charge in [0.2, 0.25) is 0 Å². The summed E-state index contributed by atoms with van der Waals surface area (Å²) in [5.41, 5.74) is 5.72. The summed E-state index contributed by atoms with van der Waals surface area (Å²) in [5, 5.41) is 0. The van der Waals surface area contributed by atoms with E-state index in [1.165, 1.54) is 0 Å². The van der Waals surface area contributed by atoms with Crippen molar-refractivity contribution in [1.29, 1.82) is 0 Å². The summed E-state index contributed by atoms with van der Waals surface area (Å²) in [4.78, 5) is 2.45. The van der Waals surface area contributed by atoms with Crippen LogP contribution < -0.4 is 5.73 Å². The molecule has 13 heavy (non-hydrogen) atoms. The Hall–Kier alpha value is -0.120. The normalized spacial score (nSPS) is 33.2. The lowest BCUT2D eigenvalue weighted by atomic mass is 10.2. The first-order chi connectivity index (χ1) is 6.08. The fraction of sp³-hybridized carbons (Fsp3) is 1.00. The molecule has 0 radical (unpaired) electrons. The SMILES string of the molecule is C[C@H](N)CCN1C[C@H](C)O[C@@H](C)C1. The topological polar surface area (TPSA) is 38.5 Å². The molecule has 2 N–H and O–H groups in total. The number of hydrogen-bond donors (Lipinski definition) is 1. The monoisotopic (exact) mass is 186 g/mol. The van der Waals surface area contributed by atoms with Gasteiger partial charge in [0.1, 0.15) is 0 Å². The first-order valence-corrected chi connectivity index (χ1v) is 5.21. The molecule has 0 unspecified atom stereocenters. The van der Waals surface area contributed by atoms with Gasteiger partial charge in [-0.2, -0.15) is 0 Å². The van der Waals surface area contributed by atoms with Gasteiger partial charge in [-0.05, 0) is 33.7 Å². The van der Waals surface area contributed by atoms with E-state index in [2.05, 4.69) is 25.7 Å². The number of nitrogens with zero attached hydrogens (tertiary/aromatic N) is 1. The van der Waals surface area contributed by atoms with Gasteiger partial charge in [-0.25, -0.2) is 0 Å². The summed E-state index contributed by atoms with van der Waals surface area (Å²) >= 11 is 0. The van der Waals surface area contributed by atoms with Gasteiger partial charge in [0.25, 0.3) is 0 Å². The van der Waals surface area contributed by atoms with Crippen LogP contribution in [0.15, 0.2) is 0 Å². The Bertz CT molecular complexity index is 140. The Morgan fingerprint density at radius 3 is 2.38 bits per heavy atom. The Labute approximate surface area is 81.2 Å². The molecule has 1 aliphatic heterocycles. The molecule has 78 valence electrons. The number of ether oxygens (including phenoxy) is 1. The van der Waals surface area contributed by atoms with Crippen LogP contribution in [0.2, 0.25) is 0 Å². The van der Waals surface area contributed by atoms with Crippen molar-refractivity contribution >= 4 is 0 Å². The average Bonchev–Trinajstić information content (AvgIpc) is 1.99. The number of hydrogen-bond acceptors (Lipinski definition) is 3. The van der Waals surface area contributed by atoms with Crippen molar-refractivity contribution in [2.75, 3.05) is 19.6 Å². The molecule has 1 fully saturated rings. The summed E-state index contributed by atoms with van der Waals surface area (Å²) in [6.45, 7) is 9.54. The molecule has 0 spiro atoms. The van der Waals surface area contributed by atoms with Gasteiger partial charge in [0.05, 0.1) is 12.2 Å². The zero-order chi connectivity index (χ0) is 9.84. The van der Waals surface area contributed by atoms with E-state index in [0.29, 0.717) is 18.2 Å². The van der Waals surface area contributed by atoms with Gasteiger partial charge >= 0.3 is 0 Å². The second-order valence-electron chi connectivity index (χ2n) is 4.28. The summed E-state index contributed by atoms with van der Waals surface area (Å²) in [5.74, 6) is 0. The molecule has 3 atom stereocenters. The maximum absolute atomic E-state index is 5.72. The first kappa shape index (κ1) is 11.0. The molecule has 0 aromatic carbocycles. The summed E-state index contributed by atoms with van der Waals surface area (Å²) in [6, 6.07) is 0.313. The lowest BCUT2D eigenvalue weighted by Gasteiger charge is -2.35. The van der Waals surface area contributed by atoms with Crippen LogP contribution in [0.4, 0.5) is 0 Å². The Kier molecular flexibility index (Phi) is 4.16. The Morgan fingerprint density at radius 2 is 1.92 bits per heavy atom. The summed E-state index contributed by atoms with van der Waals surface area (Å²) in [6.07, 6.45) is 1.83. The second-order valence-corrected chi connectivity index (χ2v) is 4.28. The van der Waals surface area contributed by atoms with Crippen LogP contribution >= 0.6 is 0 Å². The molecule has 0 bridgehead atoms. The van der Waals surface area contributed by atoms with Gasteiger partial charge in [0, 0.05) is 19.1 Å². The molecule has 0 aromatic heterocycles. The third kappa shape index (κ3) is 4.07. The van der Waals surface area contributed by atoms with Crippen LogP contribution in [-0.2, 0) is 4.74 Å². The van der Waals surface area contributed by atoms with Crippen molar-refractivity contribution in [3.63, 3.8) is 0 Å².